The number of hydrogen-bond donors (Lipinski definition) is 1. The van der Waals surface area contributed by atoms with Crippen molar-refractivity contribution in [1.82, 2.24) is 10.2 Å². The van der Waals surface area contributed by atoms with E-state index in [1.165, 1.54) is 4.31 Å². The molecule has 1 atom stereocenters. The lowest BCUT2D eigenvalue weighted by Gasteiger charge is -2.22. The number of carbonyl (C=O) groups excluding carboxylic acids is 1. The van der Waals surface area contributed by atoms with Crippen LogP contribution in [-0.2, 0) is 16.4 Å². The summed E-state index contributed by atoms with van der Waals surface area (Å²) >= 11 is 0.846. The van der Waals surface area contributed by atoms with Crippen molar-refractivity contribution < 1.29 is 13.2 Å². The van der Waals surface area contributed by atoms with Crippen molar-refractivity contribution >= 4 is 38.1 Å². The molecule has 0 unspecified atom stereocenters. The minimum atomic E-state index is -3.86. The number of fused-ring (bicyclic) bond motifs is 1. The SMILES string of the molecule is Cc1ccc(C(=O)Nc2nnc(S(=O)(=O)N3c4ccccc4C[C@H]3C)s2)cc1. The molecule has 0 saturated carbocycles. The predicted octanol–water partition coefficient (Wildman–Crippen LogP) is 3.24. The lowest BCUT2D eigenvalue weighted by atomic mass is 10.1. The van der Waals surface area contributed by atoms with Crippen molar-refractivity contribution in [2.45, 2.75) is 30.6 Å². The third kappa shape index (κ3) is 3.27. The summed E-state index contributed by atoms with van der Waals surface area (Å²) in [6.07, 6.45) is 0.644. The van der Waals surface area contributed by atoms with E-state index in [9.17, 15) is 13.2 Å². The number of amides is 1. The van der Waals surface area contributed by atoms with Gasteiger partial charge in [0.1, 0.15) is 0 Å². The molecule has 1 amide bonds. The third-order valence-corrected chi connectivity index (χ3v) is 7.68. The van der Waals surface area contributed by atoms with Gasteiger partial charge < -0.3 is 0 Å². The summed E-state index contributed by atoms with van der Waals surface area (Å²) < 4.78 is 27.5. The van der Waals surface area contributed by atoms with Crippen molar-refractivity contribution in [2.75, 3.05) is 9.62 Å². The van der Waals surface area contributed by atoms with Crippen molar-refractivity contribution in [3.8, 4) is 0 Å². The quantitative estimate of drug-likeness (QED) is 0.662. The maximum absolute atomic E-state index is 13.1. The number of nitrogens with zero attached hydrogens (tertiary/aromatic N) is 3. The molecule has 1 aliphatic rings. The van der Waals surface area contributed by atoms with Crippen LogP contribution in [0.3, 0.4) is 0 Å². The van der Waals surface area contributed by atoms with Crippen LogP contribution in [0, 0.1) is 6.92 Å². The molecule has 1 aromatic heterocycles. The number of aromatic nitrogens is 2. The fourth-order valence-corrected chi connectivity index (χ4v) is 5.90. The second-order valence-electron chi connectivity index (χ2n) is 6.68. The van der Waals surface area contributed by atoms with Crippen LogP contribution in [0.25, 0.3) is 0 Å². The molecule has 9 heteroatoms. The Hall–Kier alpha value is -2.78. The number of para-hydroxylation sites is 1. The number of carbonyl (C=O) groups is 1. The normalized spacial score (nSPS) is 16.1. The third-order valence-electron chi connectivity index (χ3n) is 4.57. The van der Waals surface area contributed by atoms with E-state index in [0.29, 0.717) is 17.7 Å². The standard InChI is InChI=1S/C19H18N4O3S2/c1-12-7-9-14(10-8-12)17(24)20-18-21-22-19(27-18)28(25,26)23-13(2)11-15-5-3-4-6-16(15)23/h3-10,13H,11H2,1-2H3,(H,20,21,24)/t13-/m1/s1. The van der Waals surface area contributed by atoms with E-state index in [1.807, 2.05) is 44.2 Å². The summed E-state index contributed by atoms with van der Waals surface area (Å²) in [7, 11) is -3.86. The van der Waals surface area contributed by atoms with Crippen LogP contribution in [0.15, 0.2) is 52.9 Å². The summed E-state index contributed by atoms with van der Waals surface area (Å²) in [5.74, 6) is -0.361. The molecule has 2 heterocycles. The van der Waals surface area contributed by atoms with Crippen molar-refractivity contribution in [1.29, 1.82) is 0 Å². The Balaban J connectivity index is 1.58. The first-order valence-corrected chi connectivity index (χ1v) is 11.0. The molecule has 28 heavy (non-hydrogen) atoms. The molecular formula is C19H18N4O3S2. The van der Waals surface area contributed by atoms with E-state index in [1.54, 1.807) is 18.2 Å². The van der Waals surface area contributed by atoms with E-state index >= 15 is 0 Å². The Labute approximate surface area is 167 Å². The predicted molar refractivity (Wildman–Crippen MR) is 108 cm³/mol. The van der Waals surface area contributed by atoms with E-state index in [4.69, 9.17) is 0 Å². The lowest BCUT2D eigenvalue weighted by molar-refractivity contribution is 0.102. The highest BCUT2D eigenvalue weighted by molar-refractivity contribution is 7.94. The summed E-state index contributed by atoms with van der Waals surface area (Å²) in [5, 5.41) is 10.4. The van der Waals surface area contributed by atoms with Gasteiger partial charge >= 0.3 is 0 Å². The number of rotatable bonds is 4. The van der Waals surface area contributed by atoms with Gasteiger partial charge in [0.2, 0.25) is 5.13 Å². The van der Waals surface area contributed by atoms with Gasteiger partial charge in [0.15, 0.2) is 0 Å². The molecule has 0 saturated heterocycles. The van der Waals surface area contributed by atoms with Gasteiger partial charge in [-0.05, 0) is 44.0 Å². The highest BCUT2D eigenvalue weighted by Crippen LogP contribution is 2.37. The molecule has 2 aromatic carbocycles. The molecule has 7 nitrogen and oxygen atoms in total. The maximum atomic E-state index is 13.1. The van der Waals surface area contributed by atoms with Gasteiger partial charge in [0.25, 0.3) is 20.3 Å². The van der Waals surface area contributed by atoms with Crippen LogP contribution in [0.5, 0.6) is 0 Å². The summed E-state index contributed by atoms with van der Waals surface area (Å²) in [6, 6.07) is 14.3. The van der Waals surface area contributed by atoms with Crippen molar-refractivity contribution in [3.05, 3.63) is 65.2 Å². The van der Waals surface area contributed by atoms with E-state index < -0.39 is 10.0 Å². The molecule has 3 aromatic rings. The zero-order valence-electron chi connectivity index (χ0n) is 15.3. The number of aryl methyl sites for hydroxylation is 1. The van der Waals surface area contributed by atoms with Crippen molar-refractivity contribution in [3.63, 3.8) is 0 Å². The molecule has 1 aliphatic heterocycles. The number of benzene rings is 2. The summed E-state index contributed by atoms with van der Waals surface area (Å²) in [6.45, 7) is 3.79. The molecule has 4 rings (SSSR count). The zero-order chi connectivity index (χ0) is 19.9. The highest BCUT2D eigenvalue weighted by Gasteiger charge is 2.38. The number of hydrogen-bond acceptors (Lipinski definition) is 6. The van der Waals surface area contributed by atoms with E-state index in [0.717, 1.165) is 22.5 Å². The van der Waals surface area contributed by atoms with Crippen LogP contribution in [0.1, 0.15) is 28.4 Å². The van der Waals surface area contributed by atoms with Gasteiger partial charge in [-0.15, -0.1) is 10.2 Å². The van der Waals surface area contributed by atoms with Gasteiger partial charge in [-0.1, -0.05) is 47.2 Å². The molecule has 144 valence electrons. The fraction of sp³-hybridized carbons (Fsp3) is 0.211. The topological polar surface area (TPSA) is 92.3 Å². The first-order chi connectivity index (χ1) is 13.4. The monoisotopic (exact) mass is 414 g/mol. The van der Waals surface area contributed by atoms with Gasteiger partial charge in [-0.25, -0.2) is 0 Å². The lowest BCUT2D eigenvalue weighted by Crippen LogP contribution is -2.35. The Morgan fingerprint density at radius 2 is 1.86 bits per heavy atom. The average molecular weight is 415 g/mol. The van der Waals surface area contributed by atoms with Gasteiger partial charge in [-0.3, -0.25) is 14.4 Å². The van der Waals surface area contributed by atoms with Crippen LogP contribution in [0.2, 0.25) is 0 Å². The zero-order valence-corrected chi connectivity index (χ0v) is 16.9. The maximum Gasteiger partial charge on any atom is 0.293 e. The number of sulfonamides is 1. The second-order valence-corrected chi connectivity index (χ2v) is 9.64. The Bertz CT molecular complexity index is 1140. The Kier molecular flexibility index (Phi) is 4.64. The molecule has 0 bridgehead atoms. The highest BCUT2D eigenvalue weighted by atomic mass is 32.2. The Morgan fingerprint density at radius 3 is 2.61 bits per heavy atom. The van der Waals surface area contributed by atoms with Crippen LogP contribution in [0.4, 0.5) is 10.8 Å². The number of anilines is 2. The molecule has 0 fully saturated rings. The summed E-state index contributed by atoms with van der Waals surface area (Å²) in [4.78, 5) is 12.3. The Morgan fingerprint density at radius 1 is 1.14 bits per heavy atom. The van der Waals surface area contributed by atoms with Gasteiger partial charge in [-0.2, -0.15) is 8.42 Å². The van der Waals surface area contributed by atoms with Crippen molar-refractivity contribution in [2.24, 2.45) is 0 Å². The van der Waals surface area contributed by atoms with Crippen LogP contribution < -0.4 is 9.62 Å². The first-order valence-electron chi connectivity index (χ1n) is 8.70. The van der Waals surface area contributed by atoms with Gasteiger partial charge in [0.05, 0.1) is 5.69 Å². The van der Waals surface area contributed by atoms with Crippen LogP contribution >= 0.6 is 11.3 Å². The minimum Gasteiger partial charge on any atom is -0.296 e. The number of nitrogens with one attached hydrogen (secondary N) is 1. The molecule has 1 N–H and O–H groups in total. The second kappa shape index (κ2) is 6.99. The largest absolute Gasteiger partial charge is 0.296 e. The van der Waals surface area contributed by atoms with Gasteiger partial charge in [0, 0.05) is 11.6 Å². The average Bonchev–Trinajstić information content (AvgIpc) is 3.26. The molecule has 0 spiro atoms. The van der Waals surface area contributed by atoms with Crippen LogP contribution in [-0.4, -0.2) is 30.6 Å². The first kappa shape index (κ1) is 18.6. The molecular weight excluding hydrogens is 396 g/mol. The fourth-order valence-electron chi connectivity index (χ4n) is 3.23. The molecule has 0 radical (unpaired) electrons. The smallest absolute Gasteiger partial charge is 0.293 e. The van der Waals surface area contributed by atoms with E-state index in [-0.39, 0.29) is 21.4 Å². The molecule has 0 aliphatic carbocycles. The summed E-state index contributed by atoms with van der Waals surface area (Å²) in [5.41, 5.74) is 3.15. The minimum absolute atomic E-state index is 0.143. The van der Waals surface area contributed by atoms with E-state index in [2.05, 4.69) is 15.5 Å².